The Morgan fingerprint density at radius 1 is 1.17 bits per heavy atom. The zero-order valence-corrected chi connectivity index (χ0v) is 22.8. The second kappa shape index (κ2) is 11.9. The Morgan fingerprint density at radius 2 is 1.92 bits per heavy atom. The number of rotatable bonds is 9. The lowest BCUT2D eigenvalue weighted by molar-refractivity contribution is -0.911. The molecule has 0 aromatic rings. The summed E-state index contributed by atoms with van der Waals surface area (Å²) in [5.41, 5.74) is 0. The Bertz CT molecular complexity index is 828. The first kappa shape index (κ1) is 27.5. The van der Waals surface area contributed by atoms with E-state index in [1.807, 2.05) is 14.1 Å². The van der Waals surface area contributed by atoms with Crippen molar-refractivity contribution in [3.8, 4) is 0 Å². The summed E-state index contributed by atoms with van der Waals surface area (Å²) in [6, 6.07) is -0.0706. The van der Waals surface area contributed by atoms with Gasteiger partial charge in [0.1, 0.15) is 19.6 Å². The molecule has 0 aromatic heterocycles. The van der Waals surface area contributed by atoms with Gasteiger partial charge in [-0.3, -0.25) is 9.59 Å². The van der Waals surface area contributed by atoms with E-state index in [0.717, 1.165) is 70.4 Å². The Labute approximate surface area is 216 Å². The summed E-state index contributed by atoms with van der Waals surface area (Å²) >= 11 is 0. The molecule has 5 atom stereocenters. The SMILES string of the molecule is CCCC[N+]12CC(F)C[N+](CC)=C1C(C(=O)NC1CNCCC1OC1CCC(C(=O)N(C)C)CC1)C2. The number of hydrogen-bond acceptors (Lipinski definition) is 4. The van der Waals surface area contributed by atoms with Gasteiger partial charge in [0, 0.05) is 26.6 Å². The van der Waals surface area contributed by atoms with Gasteiger partial charge in [-0.05, 0) is 52.0 Å². The van der Waals surface area contributed by atoms with Crippen LogP contribution >= 0.6 is 0 Å². The largest absolute Gasteiger partial charge is 0.373 e. The highest BCUT2D eigenvalue weighted by atomic mass is 19.1. The summed E-state index contributed by atoms with van der Waals surface area (Å²) in [5.74, 6) is 1.33. The fourth-order valence-corrected chi connectivity index (χ4v) is 6.93. The predicted molar refractivity (Wildman–Crippen MR) is 138 cm³/mol. The number of unbranched alkanes of at least 4 members (excludes halogenated alkanes) is 1. The Morgan fingerprint density at radius 3 is 2.58 bits per heavy atom. The van der Waals surface area contributed by atoms with Gasteiger partial charge in [-0.15, -0.1) is 0 Å². The molecule has 2 N–H and O–H groups in total. The number of carbonyl (C=O) groups excluding carboxylic acids is 2. The molecule has 3 heterocycles. The van der Waals surface area contributed by atoms with Crippen LogP contribution in [0.1, 0.15) is 58.8 Å². The zero-order valence-electron chi connectivity index (χ0n) is 22.8. The van der Waals surface area contributed by atoms with E-state index >= 15 is 0 Å². The Balaban J connectivity index is 1.37. The van der Waals surface area contributed by atoms with Crippen LogP contribution in [0.5, 0.6) is 0 Å². The van der Waals surface area contributed by atoms with Crippen LogP contribution in [-0.2, 0) is 14.3 Å². The van der Waals surface area contributed by atoms with Gasteiger partial charge in [0.05, 0.1) is 24.8 Å². The molecule has 0 radical (unpaired) electrons. The molecular weight excluding hydrogens is 461 g/mol. The van der Waals surface area contributed by atoms with Crippen molar-refractivity contribution in [2.75, 3.05) is 59.9 Å². The summed E-state index contributed by atoms with van der Waals surface area (Å²) in [6.45, 7) is 9.07. The van der Waals surface area contributed by atoms with Crippen LogP contribution in [0.3, 0.4) is 0 Å². The average Bonchev–Trinajstić information content (AvgIpc) is 2.85. The number of nitrogens with zero attached hydrogens (tertiary/aromatic N) is 3. The number of halogens is 1. The van der Waals surface area contributed by atoms with Gasteiger partial charge in [-0.1, -0.05) is 13.3 Å². The second-order valence-corrected chi connectivity index (χ2v) is 11.6. The van der Waals surface area contributed by atoms with E-state index < -0.39 is 6.17 Å². The van der Waals surface area contributed by atoms with Crippen LogP contribution in [0.15, 0.2) is 0 Å². The van der Waals surface area contributed by atoms with E-state index in [1.165, 1.54) is 0 Å². The van der Waals surface area contributed by atoms with Gasteiger partial charge in [0.2, 0.25) is 23.9 Å². The van der Waals surface area contributed by atoms with Crippen LogP contribution in [0.4, 0.5) is 4.39 Å². The highest BCUT2D eigenvalue weighted by molar-refractivity contribution is 6.01. The first-order valence-electron chi connectivity index (χ1n) is 14.3. The molecule has 4 aliphatic rings. The van der Waals surface area contributed by atoms with Gasteiger partial charge in [-0.2, -0.15) is 4.58 Å². The first-order chi connectivity index (χ1) is 17.3. The van der Waals surface area contributed by atoms with E-state index in [0.29, 0.717) is 30.7 Å². The van der Waals surface area contributed by atoms with Gasteiger partial charge in [0.25, 0.3) is 0 Å². The number of amidine groups is 1. The zero-order chi connectivity index (χ0) is 25.9. The summed E-state index contributed by atoms with van der Waals surface area (Å²) < 4.78 is 23.9. The molecule has 3 fully saturated rings. The molecule has 3 aliphatic heterocycles. The lowest BCUT2D eigenvalue weighted by Crippen LogP contribution is -2.78. The number of nitrogens with one attached hydrogen (secondary N) is 2. The molecule has 0 spiro atoms. The van der Waals surface area contributed by atoms with Crippen LogP contribution < -0.4 is 10.6 Å². The number of fused-ring (bicyclic) bond motifs is 1. The summed E-state index contributed by atoms with van der Waals surface area (Å²) in [7, 11) is 3.65. The number of alkyl halides is 1. The van der Waals surface area contributed by atoms with Gasteiger partial charge in [-0.25, -0.2) is 8.87 Å². The maximum Gasteiger partial charge on any atom is 0.357 e. The van der Waals surface area contributed by atoms with E-state index in [2.05, 4.69) is 29.1 Å². The minimum Gasteiger partial charge on any atom is -0.373 e. The Hall–Kier alpha value is -1.58. The van der Waals surface area contributed by atoms with E-state index in [9.17, 15) is 14.0 Å². The van der Waals surface area contributed by atoms with Crippen molar-refractivity contribution < 1.29 is 27.8 Å². The molecule has 2 saturated heterocycles. The Kier molecular flexibility index (Phi) is 9.05. The molecule has 8 nitrogen and oxygen atoms in total. The standard InChI is InChI=1S/C27H47FN5O3/c1-5-7-14-33-17-20(28)16-32(6-2)26(33)22(18-33)25(34)30-23-15-29-13-12-24(23)36-21-10-8-19(9-11-21)27(35)31(3)4/h19-24,29H,5-18H2,1-4H3/q+1/p+1. The highest BCUT2D eigenvalue weighted by Gasteiger charge is 2.64. The van der Waals surface area contributed by atoms with Gasteiger partial charge < -0.3 is 20.3 Å². The van der Waals surface area contributed by atoms with Gasteiger partial charge >= 0.3 is 5.84 Å². The topological polar surface area (TPSA) is 73.7 Å². The van der Waals surface area contributed by atoms with Crippen molar-refractivity contribution >= 4 is 17.6 Å². The third kappa shape index (κ3) is 5.78. The molecule has 9 heteroatoms. The third-order valence-electron chi connectivity index (χ3n) is 8.84. The smallest absolute Gasteiger partial charge is 0.357 e. The maximum absolute atomic E-state index is 14.6. The number of quaternary nitrogens is 1. The number of carbonyl (C=O) groups is 2. The summed E-state index contributed by atoms with van der Waals surface area (Å²) in [6.07, 6.45) is 5.79. The van der Waals surface area contributed by atoms with Crippen molar-refractivity contribution in [3.63, 3.8) is 0 Å². The predicted octanol–water partition coefficient (Wildman–Crippen LogP) is 1.53. The molecule has 5 unspecified atom stereocenters. The quantitative estimate of drug-likeness (QED) is 0.365. The van der Waals surface area contributed by atoms with Crippen LogP contribution in [0, 0.1) is 11.8 Å². The summed E-state index contributed by atoms with van der Waals surface area (Å²) in [5, 5.41) is 6.74. The minimum atomic E-state index is -0.835. The first-order valence-corrected chi connectivity index (χ1v) is 14.3. The van der Waals surface area contributed by atoms with Gasteiger partial charge in [0.15, 0.2) is 6.54 Å². The van der Waals surface area contributed by atoms with Crippen molar-refractivity contribution in [2.24, 2.45) is 11.8 Å². The van der Waals surface area contributed by atoms with E-state index in [1.54, 1.807) is 4.90 Å². The van der Waals surface area contributed by atoms with Crippen molar-refractivity contribution in [1.82, 2.24) is 15.5 Å². The average molecular weight is 510 g/mol. The normalized spacial score (nSPS) is 36.6. The number of ether oxygens (including phenoxy) is 1. The molecule has 4 rings (SSSR count). The van der Waals surface area contributed by atoms with Crippen molar-refractivity contribution in [2.45, 2.75) is 83.2 Å². The molecule has 0 bridgehead atoms. The van der Waals surface area contributed by atoms with Crippen LogP contribution in [0.2, 0.25) is 0 Å². The van der Waals surface area contributed by atoms with Crippen LogP contribution in [-0.4, -0.2) is 116 Å². The molecular formula is C27H48FN5O3+2. The number of hydrogen-bond donors (Lipinski definition) is 2. The fourth-order valence-electron chi connectivity index (χ4n) is 6.93. The van der Waals surface area contributed by atoms with Crippen molar-refractivity contribution in [1.29, 1.82) is 0 Å². The monoisotopic (exact) mass is 509 g/mol. The minimum absolute atomic E-state index is 0.0189. The maximum atomic E-state index is 14.6. The van der Waals surface area contributed by atoms with E-state index in [4.69, 9.17) is 4.74 Å². The lowest BCUT2D eigenvalue weighted by atomic mass is 9.86. The molecule has 0 aromatic carbocycles. The molecule has 36 heavy (non-hydrogen) atoms. The van der Waals surface area contributed by atoms with E-state index in [-0.39, 0.29) is 41.9 Å². The molecule has 1 saturated carbocycles. The molecule has 204 valence electrons. The number of amides is 2. The second-order valence-electron chi connectivity index (χ2n) is 11.6. The van der Waals surface area contributed by atoms with Crippen molar-refractivity contribution in [3.05, 3.63) is 0 Å². The highest BCUT2D eigenvalue weighted by Crippen LogP contribution is 2.35. The number of piperidine rings is 1. The lowest BCUT2D eigenvalue weighted by Gasteiger charge is -2.49. The third-order valence-corrected chi connectivity index (χ3v) is 8.84. The molecule has 2 amide bonds. The fraction of sp³-hybridized carbons (Fsp3) is 0.889. The summed E-state index contributed by atoms with van der Waals surface area (Å²) in [4.78, 5) is 27.5. The van der Waals surface area contributed by atoms with Crippen LogP contribution in [0.25, 0.3) is 0 Å². The molecule has 1 aliphatic carbocycles.